The molecule has 0 aliphatic heterocycles. The van der Waals surface area contributed by atoms with Crippen LogP contribution in [0.3, 0.4) is 0 Å². The Morgan fingerprint density at radius 3 is 2.12 bits per heavy atom. The number of nitrogens with two attached hydrogens (primary N) is 1. The Balaban J connectivity index is 1.35. The molecule has 4 fully saturated rings. The SMILES string of the molecule is C/C=C(\C1C(C)C2C3C4C=CC4[C@H]3C12)C(C1C=C1C)C(C(C)C)C1(C)CC(CN)CC1(C)C. The molecule has 0 bridgehead atoms. The molecule has 0 spiro atoms. The van der Waals surface area contributed by atoms with E-state index in [0.717, 1.165) is 53.9 Å². The first kappa shape index (κ1) is 22.6. The molecule has 1 heteroatoms. The number of allylic oxidation sites excluding steroid dienone is 6. The van der Waals surface area contributed by atoms with E-state index < -0.39 is 0 Å². The molecule has 4 saturated carbocycles. The highest BCUT2D eigenvalue weighted by Gasteiger charge is 2.75. The zero-order valence-electron chi connectivity index (χ0n) is 22.5. The van der Waals surface area contributed by atoms with Gasteiger partial charge in [0.25, 0.3) is 0 Å². The second-order valence-electron chi connectivity index (χ2n) is 14.6. The third-order valence-corrected chi connectivity index (χ3v) is 12.8. The number of hydrogen-bond acceptors (Lipinski definition) is 1. The van der Waals surface area contributed by atoms with Crippen molar-refractivity contribution < 1.29 is 0 Å². The van der Waals surface area contributed by atoms with E-state index in [0.29, 0.717) is 40.4 Å². The molecule has 1 nitrogen and oxygen atoms in total. The first-order chi connectivity index (χ1) is 15.6. The lowest BCUT2D eigenvalue weighted by Crippen LogP contribution is -2.75. The molecule has 0 aromatic carbocycles. The molecule has 33 heavy (non-hydrogen) atoms. The van der Waals surface area contributed by atoms with Crippen LogP contribution in [0.15, 0.2) is 35.5 Å². The van der Waals surface area contributed by atoms with E-state index in [1.165, 1.54) is 12.8 Å². The van der Waals surface area contributed by atoms with Crippen LogP contribution in [0.25, 0.3) is 0 Å². The lowest BCUT2D eigenvalue weighted by atomic mass is 9.25. The summed E-state index contributed by atoms with van der Waals surface area (Å²) in [6, 6.07) is 0. The van der Waals surface area contributed by atoms with Gasteiger partial charge in [0.2, 0.25) is 0 Å². The van der Waals surface area contributed by atoms with Gasteiger partial charge in [-0.3, -0.25) is 0 Å². The maximum atomic E-state index is 6.28. The molecule has 0 saturated heterocycles. The molecule has 0 heterocycles. The van der Waals surface area contributed by atoms with Crippen LogP contribution in [0.2, 0.25) is 0 Å². The Bertz CT molecular complexity index is 919. The Kier molecular flexibility index (Phi) is 4.88. The van der Waals surface area contributed by atoms with E-state index >= 15 is 0 Å². The summed E-state index contributed by atoms with van der Waals surface area (Å²) in [5, 5.41) is 0. The Hall–Kier alpha value is -0.820. The molecule has 182 valence electrons. The van der Waals surface area contributed by atoms with Gasteiger partial charge in [-0.1, -0.05) is 77.0 Å². The van der Waals surface area contributed by atoms with Gasteiger partial charge in [0, 0.05) is 5.92 Å². The molecule has 6 aliphatic rings. The van der Waals surface area contributed by atoms with Crippen LogP contribution in [-0.4, -0.2) is 6.54 Å². The van der Waals surface area contributed by atoms with Crippen molar-refractivity contribution in [2.24, 2.45) is 93.5 Å². The average Bonchev–Trinajstić information content (AvgIpc) is 3.38. The molecule has 0 aromatic heterocycles. The van der Waals surface area contributed by atoms with E-state index in [-0.39, 0.29) is 0 Å². The van der Waals surface area contributed by atoms with Gasteiger partial charge in [0.1, 0.15) is 0 Å². The van der Waals surface area contributed by atoms with Gasteiger partial charge in [-0.25, -0.2) is 0 Å². The van der Waals surface area contributed by atoms with Crippen LogP contribution < -0.4 is 5.73 Å². The number of rotatable bonds is 7. The zero-order chi connectivity index (χ0) is 23.6. The van der Waals surface area contributed by atoms with Crippen LogP contribution in [0.4, 0.5) is 0 Å². The van der Waals surface area contributed by atoms with E-state index in [2.05, 4.69) is 79.7 Å². The minimum Gasteiger partial charge on any atom is -0.330 e. The first-order valence-corrected chi connectivity index (χ1v) is 14.3. The lowest BCUT2D eigenvalue weighted by Gasteiger charge is -2.79. The summed E-state index contributed by atoms with van der Waals surface area (Å²) in [5.41, 5.74) is 10.5. The Labute approximate surface area is 203 Å². The Morgan fingerprint density at radius 1 is 1.06 bits per heavy atom. The van der Waals surface area contributed by atoms with E-state index in [1.54, 1.807) is 5.57 Å². The fourth-order valence-corrected chi connectivity index (χ4v) is 11.1. The van der Waals surface area contributed by atoms with Gasteiger partial charge >= 0.3 is 0 Å². The normalized spacial score (nSPS) is 52.3. The quantitative estimate of drug-likeness (QED) is 0.405. The largest absolute Gasteiger partial charge is 0.330 e. The topological polar surface area (TPSA) is 26.0 Å². The third kappa shape index (κ3) is 2.70. The minimum absolute atomic E-state index is 0.341. The van der Waals surface area contributed by atoms with Crippen LogP contribution >= 0.6 is 0 Å². The molecule has 0 amide bonds. The summed E-state index contributed by atoms with van der Waals surface area (Å²) in [7, 11) is 0. The molecule has 2 N–H and O–H groups in total. The molecule has 6 rings (SSSR count). The third-order valence-electron chi connectivity index (χ3n) is 12.8. The number of fused-ring (bicyclic) bond motifs is 7. The molecular formula is C32H49N. The summed E-state index contributed by atoms with van der Waals surface area (Å²) in [4.78, 5) is 0. The molecule has 0 radical (unpaired) electrons. The van der Waals surface area contributed by atoms with Crippen molar-refractivity contribution in [3.8, 4) is 0 Å². The predicted molar refractivity (Wildman–Crippen MR) is 139 cm³/mol. The van der Waals surface area contributed by atoms with Crippen molar-refractivity contribution >= 4 is 0 Å². The van der Waals surface area contributed by atoms with Crippen LogP contribution in [0, 0.1) is 87.8 Å². The van der Waals surface area contributed by atoms with Gasteiger partial charge in [-0.15, -0.1) is 0 Å². The maximum absolute atomic E-state index is 6.28. The van der Waals surface area contributed by atoms with E-state index in [1.807, 2.05) is 5.57 Å². The highest BCUT2D eigenvalue weighted by molar-refractivity contribution is 5.40. The second kappa shape index (κ2) is 7.11. The van der Waals surface area contributed by atoms with E-state index in [9.17, 15) is 0 Å². The van der Waals surface area contributed by atoms with Crippen LogP contribution in [0.5, 0.6) is 0 Å². The highest BCUT2D eigenvalue weighted by Crippen LogP contribution is 2.79. The van der Waals surface area contributed by atoms with Gasteiger partial charge in [-0.05, 0) is 115 Å². The molecule has 0 aromatic rings. The van der Waals surface area contributed by atoms with Crippen LogP contribution in [0.1, 0.15) is 68.2 Å². The first-order valence-electron chi connectivity index (χ1n) is 14.3. The van der Waals surface area contributed by atoms with Crippen molar-refractivity contribution in [3.63, 3.8) is 0 Å². The standard InChI is InChI=1S/C32H49N/c1-9-20(24-18(5)25-27-21-10-11-22(21)28(27)29(24)25)26(23-12-17(23)4)30(16(2)3)32(8)14-19(15-33)13-31(32,6)7/h9-12,16,18-19,21-30H,13-15,33H2,1-8H3/b20-9+/t18?,19?,21?,22?,23?,24?,25?,26?,27?,28-,29?,30?,32?/m1/s1. The van der Waals surface area contributed by atoms with Gasteiger partial charge in [-0.2, -0.15) is 0 Å². The van der Waals surface area contributed by atoms with Crippen molar-refractivity contribution in [2.45, 2.75) is 68.2 Å². The van der Waals surface area contributed by atoms with Gasteiger partial charge < -0.3 is 5.73 Å². The molecule has 6 aliphatic carbocycles. The molecule has 13 atom stereocenters. The minimum atomic E-state index is 0.341. The summed E-state index contributed by atoms with van der Waals surface area (Å²) in [6.45, 7) is 21.1. The summed E-state index contributed by atoms with van der Waals surface area (Å²) in [6.07, 6.45) is 12.9. The smallest absolute Gasteiger partial charge is 0.00456 e. The average molecular weight is 448 g/mol. The predicted octanol–water partition coefficient (Wildman–Crippen LogP) is 7.36. The molecule has 12 unspecified atom stereocenters. The summed E-state index contributed by atoms with van der Waals surface area (Å²) in [5.74, 6) is 11.2. The van der Waals surface area contributed by atoms with Crippen molar-refractivity contribution in [3.05, 3.63) is 35.5 Å². The van der Waals surface area contributed by atoms with Crippen LogP contribution in [-0.2, 0) is 0 Å². The highest BCUT2D eigenvalue weighted by atomic mass is 14.8. The lowest BCUT2D eigenvalue weighted by molar-refractivity contribution is -0.286. The second-order valence-corrected chi connectivity index (χ2v) is 14.6. The maximum Gasteiger partial charge on any atom is 0.00456 e. The van der Waals surface area contributed by atoms with Gasteiger partial charge in [0.15, 0.2) is 0 Å². The van der Waals surface area contributed by atoms with Crippen molar-refractivity contribution in [1.29, 1.82) is 0 Å². The fourth-order valence-electron chi connectivity index (χ4n) is 11.1. The summed E-state index contributed by atoms with van der Waals surface area (Å²) < 4.78 is 0. The fraction of sp³-hybridized carbons (Fsp3) is 0.812. The van der Waals surface area contributed by atoms with Crippen molar-refractivity contribution in [1.82, 2.24) is 0 Å². The Morgan fingerprint density at radius 2 is 1.67 bits per heavy atom. The zero-order valence-corrected chi connectivity index (χ0v) is 22.5. The summed E-state index contributed by atoms with van der Waals surface area (Å²) >= 11 is 0. The number of hydrogen-bond donors (Lipinski definition) is 1. The monoisotopic (exact) mass is 447 g/mol. The van der Waals surface area contributed by atoms with E-state index in [4.69, 9.17) is 5.73 Å². The molecular weight excluding hydrogens is 398 g/mol. The van der Waals surface area contributed by atoms with Crippen molar-refractivity contribution in [2.75, 3.05) is 6.54 Å². The van der Waals surface area contributed by atoms with Gasteiger partial charge in [0.05, 0.1) is 0 Å².